The first-order valence-electron chi connectivity index (χ1n) is 5.68. The quantitative estimate of drug-likeness (QED) is 0.838. The highest BCUT2D eigenvalue weighted by molar-refractivity contribution is 5.84. The molecule has 86 valence electrons. The highest BCUT2D eigenvalue weighted by Gasteiger charge is 2.07. The van der Waals surface area contributed by atoms with Gasteiger partial charge in [0.25, 0.3) is 0 Å². The lowest BCUT2D eigenvalue weighted by molar-refractivity contribution is 0.629. The lowest BCUT2D eigenvalue weighted by Crippen LogP contribution is -2.10. The number of rotatable bonds is 4. The zero-order valence-electron chi connectivity index (χ0n) is 9.76. The van der Waals surface area contributed by atoms with Gasteiger partial charge in [-0.25, -0.2) is 4.39 Å². The predicted octanol–water partition coefficient (Wildman–Crippen LogP) is 2.56. The van der Waals surface area contributed by atoms with E-state index < -0.39 is 0 Å². The highest BCUT2D eigenvalue weighted by Crippen LogP contribution is 2.22. The minimum absolute atomic E-state index is 0.160. The SMILES string of the molecule is CCn1cc(CCNC)c2cc(F)ccc21. The maximum atomic E-state index is 13.2. The molecule has 0 saturated carbocycles. The molecule has 0 fully saturated rings. The maximum Gasteiger partial charge on any atom is 0.123 e. The molecule has 0 bridgehead atoms. The third-order valence-electron chi connectivity index (χ3n) is 2.91. The minimum Gasteiger partial charge on any atom is -0.347 e. The van der Waals surface area contributed by atoms with Gasteiger partial charge in [0.05, 0.1) is 0 Å². The molecule has 2 aromatic rings. The molecule has 1 aromatic carbocycles. The van der Waals surface area contributed by atoms with Crippen LogP contribution in [-0.2, 0) is 13.0 Å². The topological polar surface area (TPSA) is 17.0 Å². The number of benzene rings is 1. The van der Waals surface area contributed by atoms with E-state index in [0.29, 0.717) is 0 Å². The Labute approximate surface area is 95.1 Å². The van der Waals surface area contributed by atoms with Crippen molar-refractivity contribution in [1.29, 1.82) is 0 Å². The fourth-order valence-electron chi connectivity index (χ4n) is 2.06. The summed E-state index contributed by atoms with van der Waals surface area (Å²) in [6, 6.07) is 5.01. The van der Waals surface area contributed by atoms with Gasteiger partial charge in [0.1, 0.15) is 5.82 Å². The van der Waals surface area contributed by atoms with Gasteiger partial charge in [-0.1, -0.05) is 0 Å². The number of hydrogen-bond acceptors (Lipinski definition) is 1. The first-order valence-corrected chi connectivity index (χ1v) is 5.68. The number of aryl methyl sites for hydroxylation is 1. The molecule has 1 N–H and O–H groups in total. The second-order valence-electron chi connectivity index (χ2n) is 3.96. The van der Waals surface area contributed by atoms with Crippen molar-refractivity contribution in [3.8, 4) is 0 Å². The summed E-state index contributed by atoms with van der Waals surface area (Å²) in [4.78, 5) is 0. The number of likely N-dealkylation sites (N-methyl/N-ethyl adjacent to an activating group) is 1. The van der Waals surface area contributed by atoms with Crippen molar-refractivity contribution >= 4 is 10.9 Å². The third-order valence-corrected chi connectivity index (χ3v) is 2.91. The fourth-order valence-corrected chi connectivity index (χ4v) is 2.06. The van der Waals surface area contributed by atoms with Gasteiger partial charge in [0, 0.05) is 23.6 Å². The zero-order valence-corrected chi connectivity index (χ0v) is 9.76. The Morgan fingerprint density at radius 1 is 1.38 bits per heavy atom. The first-order chi connectivity index (χ1) is 7.76. The monoisotopic (exact) mass is 220 g/mol. The number of nitrogens with zero attached hydrogens (tertiary/aromatic N) is 1. The van der Waals surface area contributed by atoms with Crippen LogP contribution >= 0.6 is 0 Å². The van der Waals surface area contributed by atoms with Crippen molar-refractivity contribution < 1.29 is 4.39 Å². The van der Waals surface area contributed by atoms with Crippen LogP contribution in [0.2, 0.25) is 0 Å². The van der Waals surface area contributed by atoms with Gasteiger partial charge in [0.2, 0.25) is 0 Å². The molecule has 3 heteroatoms. The molecule has 2 rings (SSSR count). The van der Waals surface area contributed by atoms with Crippen molar-refractivity contribution in [3.63, 3.8) is 0 Å². The van der Waals surface area contributed by atoms with Crippen LogP contribution in [-0.4, -0.2) is 18.2 Å². The maximum absolute atomic E-state index is 13.2. The van der Waals surface area contributed by atoms with Crippen LogP contribution in [0.4, 0.5) is 4.39 Å². The summed E-state index contributed by atoms with van der Waals surface area (Å²) in [6.45, 7) is 3.94. The van der Waals surface area contributed by atoms with Gasteiger partial charge < -0.3 is 9.88 Å². The van der Waals surface area contributed by atoms with E-state index in [0.717, 1.165) is 30.4 Å². The normalized spacial score (nSPS) is 11.2. The highest BCUT2D eigenvalue weighted by atomic mass is 19.1. The Hall–Kier alpha value is -1.35. The minimum atomic E-state index is -0.160. The molecular weight excluding hydrogens is 203 g/mol. The van der Waals surface area contributed by atoms with Crippen molar-refractivity contribution in [2.75, 3.05) is 13.6 Å². The number of halogens is 1. The smallest absolute Gasteiger partial charge is 0.123 e. The van der Waals surface area contributed by atoms with Crippen molar-refractivity contribution in [2.45, 2.75) is 19.9 Å². The van der Waals surface area contributed by atoms with Gasteiger partial charge in [-0.05, 0) is 50.7 Å². The van der Waals surface area contributed by atoms with Crippen molar-refractivity contribution in [3.05, 3.63) is 35.8 Å². The van der Waals surface area contributed by atoms with E-state index in [1.54, 1.807) is 6.07 Å². The lowest BCUT2D eigenvalue weighted by Gasteiger charge is -1.99. The van der Waals surface area contributed by atoms with Crippen LogP contribution in [0.3, 0.4) is 0 Å². The largest absolute Gasteiger partial charge is 0.347 e. The Kier molecular flexibility index (Phi) is 3.25. The average Bonchev–Trinajstić information content (AvgIpc) is 2.64. The number of aromatic nitrogens is 1. The summed E-state index contributed by atoms with van der Waals surface area (Å²) in [5.74, 6) is -0.160. The predicted molar refractivity (Wildman–Crippen MR) is 65.2 cm³/mol. The zero-order chi connectivity index (χ0) is 11.5. The van der Waals surface area contributed by atoms with Crippen LogP contribution in [0.25, 0.3) is 10.9 Å². The van der Waals surface area contributed by atoms with Crippen LogP contribution < -0.4 is 5.32 Å². The number of hydrogen-bond donors (Lipinski definition) is 1. The fraction of sp³-hybridized carbons (Fsp3) is 0.385. The Bertz CT molecular complexity index is 488. The van der Waals surface area contributed by atoms with Crippen LogP contribution in [0.15, 0.2) is 24.4 Å². The molecule has 0 atom stereocenters. The molecule has 0 radical (unpaired) electrons. The van der Waals surface area contributed by atoms with Gasteiger partial charge >= 0.3 is 0 Å². The summed E-state index contributed by atoms with van der Waals surface area (Å²) >= 11 is 0. The van der Waals surface area contributed by atoms with Gasteiger partial charge in [-0.3, -0.25) is 0 Å². The van der Waals surface area contributed by atoms with E-state index in [4.69, 9.17) is 0 Å². The molecule has 0 unspecified atom stereocenters. The second-order valence-corrected chi connectivity index (χ2v) is 3.96. The Morgan fingerprint density at radius 3 is 2.88 bits per heavy atom. The average molecular weight is 220 g/mol. The number of nitrogens with one attached hydrogen (secondary N) is 1. The van der Waals surface area contributed by atoms with Gasteiger partial charge in [0.15, 0.2) is 0 Å². The molecular formula is C13H17FN2. The molecule has 0 aliphatic rings. The molecule has 2 nitrogen and oxygen atoms in total. The van der Waals surface area contributed by atoms with Crippen molar-refractivity contribution in [2.24, 2.45) is 0 Å². The molecule has 1 aromatic heterocycles. The molecule has 0 aliphatic carbocycles. The standard InChI is InChI=1S/C13H17FN2/c1-3-16-9-10(6-7-15-2)12-8-11(14)4-5-13(12)16/h4-5,8-9,15H,3,6-7H2,1-2H3. The summed E-state index contributed by atoms with van der Waals surface area (Å²) in [7, 11) is 1.93. The summed E-state index contributed by atoms with van der Waals surface area (Å²) in [5, 5.41) is 4.16. The third kappa shape index (κ3) is 1.95. The summed E-state index contributed by atoms with van der Waals surface area (Å²) < 4.78 is 15.4. The van der Waals surface area contributed by atoms with Crippen LogP contribution in [0.1, 0.15) is 12.5 Å². The summed E-state index contributed by atoms with van der Waals surface area (Å²) in [5.41, 5.74) is 2.33. The molecule has 0 saturated heterocycles. The van der Waals surface area contributed by atoms with Gasteiger partial charge in [-0.15, -0.1) is 0 Å². The molecule has 16 heavy (non-hydrogen) atoms. The van der Waals surface area contributed by atoms with Crippen LogP contribution in [0.5, 0.6) is 0 Å². The van der Waals surface area contributed by atoms with E-state index in [1.165, 1.54) is 11.6 Å². The number of fused-ring (bicyclic) bond motifs is 1. The molecule has 1 heterocycles. The van der Waals surface area contributed by atoms with Gasteiger partial charge in [-0.2, -0.15) is 0 Å². The lowest BCUT2D eigenvalue weighted by atomic mass is 10.1. The van der Waals surface area contributed by atoms with Crippen LogP contribution in [0, 0.1) is 5.82 Å². The first kappa shape index (κ1) is 11.1. The van der Waals surface area contributed by atoms with E-state index in [1.807, 2.05) is 13.1 Å². The molecule has 0 amide bonds. The van der Waals surface area contributed by atoms with E-state index >= 15 is 0 Å². The van der Waals surface area contributed by atoms with Crippen molar-refractivity contribution in [1.82, 2.24) is 9.88 Å². The van der Waals surface area contributed by atoms with E-state index in [-0.39, 0.29) is 5.82 Å². The molecule has 0 spiro atoms. The van der Waals surface area contributed by atoms with E-state index in [9.17, 15) is 4.39 Å². The van der Waals surface area contributed by atoms with E-state index in [2.05, 4.69) is 23.0 Å². The summed E-state index contributed by atoms with van der Waals surface area (Å²) in [6.07, 6.45) is 3.06. The Balaban J connectivity index is 2.50. The molecule has 0 aliphatic heterocycles. The second kappa shape index (κ2) is 4.66. The Morgan fingerprint density at radius 2 is 2.19 bits per heavy atom.